The second-order valence-corrected chi connectivity index (χ2v) is 11.2. The lowest BCUT2D eigenvalue weighted by Crippen LogP contribution is -2.38. The van der Waals surface area contributed by atoms with Gasteiger partial charge in [0.25, 0.3) is 0 Å². The van der Waals surface area contributed by atoms with Crippen LogP contribution < -0.4 is 4.90 Å². The SMILES string of the molecule is CCCCCC(O)C(C)(C)c1ccc(N2C(=O)CS(=O)C2COCc2cccs2)cc1. The number of aliphatic hydroxyl groups is 1. The van der Waals surface area contributed by atoms with Gasteiger partial charge in [-0.1, -0.05) is 58.2 Å². The van der Waals surface area contributed by atoms with Crippen LogP contribution in [0.4, 0.5) is 5.69 Å². The van der Waals surface area contributed by atoms with Gasteiger partial charge in [-0.3, -0.25) is 13.9 Å². The molecule has 170 valence electrons. The van der Waals surface area contributed by atoms with Crippen molar-refractivity contribution in [2.75, 3.05) is 17.3 Å². The molecule has 1 fully saturated rings. The zero-order chi connectivity index (χ0) is 22.4. The van der Waals surface area contributed by atoms with E-state index in [1.807, 2.05) is 41.8 Å². The molecule has 1 aromatic carbocycles. The Balaban J connectivity index is 1.68. The lowest BCUT2D eigenvalue weighted by molar-refractivity contribution is -0.116. The van der Waals surface area contributed by atoms with Crippen molar-refractivity contribution in [3.05, 3.63) is 52.2 Å². The molecule has 0 aliphatic carbocycles. The number of rotatable bonds is 11. The molecule has 1 aromatic heterocycles. The molecular formula is C24H33NO4S2. The lowest BCUT2D eigenvalue weighted by Gasteiger charge is -2.32. The summed E-state index contributed by atoms with van der Waals surface area (Å²) in [6, 6.07) is 11.7. The molecule has 1 N–H and O–H groups in total. The Labute approximate surface area is 191 Å². The Hall–Kier alpha value is -1.54. The summed E-state index contributed by atoms with van der Waals surface area (Å²) in [5, 5.41) is 12.2. The number of anilines is 1. The summed E-state index contributed by atoms with van der Waals surface area (Å²) >= 11 is 1.61. The molecule has 1 aliphatic heterocycles. The van der Waals surface area contributed by atoms with Crippen molar-refractivity contribution in [1.29, 1.82) is 0 Å². The number of carbonyl (C=O) groups excluding carboxylic acids is 1. The average molecular weight is 464 g/mol. The van der Waals surface area contributed by atoms with Crippen LogP contribution in [0.1, 0.15) is 56.9 Å². The molecule has 31 heavy (non-hydrogen) atoms. The van der Waals surface area contributed by atoms with E-state index in [-0.39, 0.29) is 23.7 Å². The minimum Gasteiger partial charge on any atom is -0.392 e. The van der Waals surface area contributed by atoms with Crippen molar-refractivity contribution in [2.24, 2.45) is 0 Å². The maximum Gasteiger partial charge on any atom is 0.240 e. The summed E-state index contributed by atoms with van der Waals surface area (Å²) in [5.41, 5.74) is 1.37. The van der Waals surface area contributed by atoms with Gasteiger partial charge in [-0.15, -0.1) is 11.3 Å². The first-order valence-electron chi connectivity index (χ1n) is 10.9. The van der Waals surface area contributed by atoms with E-state index < -0.39 is 22.3 Å². The van der Waals surface area contributed by atoms with Crippen molar-refractivity contribution in [3.63, 3.8) is 0 Å². The number of ether oxygens (including phenoxy) is 1. The zero-order valence-electron chi connectivity index (χ0n) is 18.6. The molecule has 3 rings (SSSR count). The quantitative estimate of drug-likeness (QED) is 0.495. The van der Waals surface area contributed by atoms with Crippen LogP contribution in [0.2, 0.25) is 0 Å². The average Bonchev–Trinajstić information content (AvgIpc) is 3.36. The smallest absolute Gasteiger partial charge is 0.240 e. The van der Waals surface area contributed by atoms with Gasteiger partial charge in [0.05, 0.1) is 30.1 Å². The van der Waals surface area contributed by atoms with E-state index in [2.05, 4.69) is 20.8 Å². The molecule has 3 atom stereocenters. The minimum atomic E-state index is -1.29. The van der Waals surface area contributed by atoms with Crippen LogP contribution >= 0.6 is 11.3 Å². The van der Waals surface area contributed by atoms with E-state index in [0.717, 1.165) is 41.8 Å². The number of amides is 1. The summed E-state index contributed by atoms with van der Waals surface area (Å²) in [4.78, 5) is 15.3. The van der Waals surface area contributed by atoms with Gasteiger partial charge in [0.2, 0.25) is 5.91 Å². The van der Waals surface area contributed by atoms with Crippen LogP contribution in [-0.2, 0) is 32.4 Å². The monoisotopic (exact) mass is 463 g/mol. The normalized spacial score (nSPS) is 20.4. The fourth-order valence-corrected chi connectivity index (χ4v) is 5.81. The number of benzene rings is 1. The molecule has 1 aliphatic rings. The van der Waals surface area contributed by atoms with Crippen LogP contribution in [0.5, 0.6) is 0 Å². The Morgan fingerprint density at radius 3 is 2.65 bits per heavy atom. The number of nitrogens with zero attached hydrogens (tertiary/aromatic N) is 1. The molecule has 2 aromatic rings. The van der Waals surface area contributed by atoms with Gasteiger partial charge in [0, 0.05) is 16.0 Å². The van der Waals surface area contributed by atoms with E-state index in [4.69, 9.17) is 4.74 Å². The standard InChI is InChI=1S/C24H33NO4S2/c1-4-5-6-9-21(26)24(2,3)18-10-12-19(13-11-18)25-22(27)17-31(28)23(25)16-29-15-20-8-7-14-30-20/h7-8,10-14,21,23,26H,4-6,9,15-17H2,1-3H3. The maximum atomic E-state index is 12.6. The molecule has 0 saturated carbocycles. The highest BCUT2D eigenvalue weighted by Crippen LogP contribution is 2.33. The van der Waals surface area contributed by atoms with Crippen LogP contribution in [0.3, 0.4) is 0 Å². The molecule has 2 heterocycles. The third-order valence-electron chi connectivity index (χ3n) is 6.01. The topological polar surface area (TPSA) is 66.8 Å². The molecule has 0 radical (unpaired) electrons. The number of aliphatic hydroxyl groups excluding tert-OH is 1. The van der Waals surface area contributed by atoms with Gasteiger partial charge in [-0.05, 0) is 35.6 Å². The second-order valence-electron chi connectivity index (χ2n) is 8.62. The Morgan fingerprint density at radius 2 is 2.00 bits per heavy atom. The predicted octanol–water partition coefficient (Wildman–Crippen LogP) is 4.61. The van der Waals surface area contributed by atoms with Gasteiger partial charge in [0.1, 0.15) is 11.1 Å². The summed E-state index contributed by atoms with van der Waals surface area (Å²) in [7, 11) is -1.29. The predicted molar refractivity (Wildman–Crippen MR) is 128 cm³/mol. The fourth-order valence-electron chi connectivity index (χ4n) is 3.87. The van der Waals surface area contributed by atoms with Crippen molar-refractivity contribution in [3.8, 4) is 0 Å². The zero-order valence-corrected chi connectivity index (χ0v) is 20.2. The molecule has 5 nitrogen and oxygen atoms in total. The van der Waals surface area contributed by atoms with E-state index >= 15 is 0 Å². The molecule has 3 unspecified atom stereocenters. The molecular weight excluding hydrogens is 430 g/mol. The van der Waals surface area contributed by atoms with Crippen molar-refractivity contribution in [2.45, 2.75) is 70.0 Å². The van der Waals surface area contributed by atoms with Gasteiger partial charge in [-0.25, -0.2) is 0 Å². The Morgan fingerprint density at radius 1 is 1.26 bits per heavy atom. The molecule has 0 spiro atoms. The summed E-state index contributed by atoms with van der Waals surface area (Å²) in [5.74, 6) is -0.120. The van der Waals surface area contributed by atoms with Crippen molar-refractivity contribution in [1.82, 2.24) is 0 Å². The first kappa shape index (κ1) is 24.1. The second kappa shape index (κ2) is 10.9. The third kappa shape index (κ3) is 5.83. The first-order chi connectivity index (χ1) is 14.8. The number of hydrogen-bond acceptors (Lipinski definition) is 5. The van der Waals surface area contributed by atoms with Crippen LogP contribution in [0.25, 0.3) is 0 Å². The highest BCUT2D eigenvalue weighted by Gasteiger charge is 2.39. The van der Waals surface area contributed by atoms with Crippen molar-refractivity contribution < 1.29 is 18.8 Å². The van der Waals surface area contributed by atoms with Gasteiger partial charge in [-0.2, -0.15) is 0 Å². The maximum absolute atomic E-state index is 12.6. The van der Waals surface area contributed by atoms with Crippen molar-refractivity contribution >= 4 is 33.7 Å². The molecule has 7 heteroatoms. The largest absolute Gasteiger partial charge is 0.392 e. The summed E-state index contributed by atoms with van der Waals surface area (Å²) < 4.78 is 18.3. The van der Waals surface area contributed by atoms with E-state index in [9.17, 15) is 14.1 Å². The van der Waals surface area contributed by atoms with Crippen LogP contribution in [0, 0.1) is 0 Å². The molecule has 0 bridgehead atoms. The van der Waals surface area contributed by atoms with Crippen LogP contribution in [-0.4, -0.2) is 39.1 Å². The first-order valence-corrected chi connectivity index (χ1v) is 13.2. The summed E-state index contributed by atoms with van der Waals surface area (Å²) in [6.07, 6.45) is 3.61. The van der Waals surface area contributed by atoms with E-state index in [0.29, 0.717) is 6.61 Å². The minimum absolute atomic E-state index is 0.0242. The summed E-state index contributed by atoms with van der Waals surface area (Å²) in [6.45, 7) is 6.95. The van der Waals surface area contributed by atoms with Gasteiger partial charge in [0.15, 0.2) is 0 Å². The highest BCUT2D eigenvalue weighted by atomic mass is 32.2. The highest BCUT2D eigenvalue weighted by molar-refractivity contribution is 7.87. The number of thiophene rings is 1. The lowest BCUT2D eigenvalue weighted by atomic mass is 9.77. The Kier molecular flexibility index (Phi) is 8.44. The fraction of sp³-hybridized carbons (Fsp3) is 0.542. The van der Waals surface area contributed by atoms with E-state index in [1.165, 1.54) is 0 Å². The molecule has 1 amide bonds. The van der Waals surface area contributed by atoms with Gasteiger partial charge < -0.3 is 9.84 Å². The van der Waals surface area contributed by atoms with E-state index in [1.54, 1.807) is 16.2 Å². The number of hydrogen-bond donors (Lipinski definition) is 1. The van der Waals surface area contributed by atoms with Gasteiger partial charge >= 0.3 is 0 Å². The Bertz CT molecular complexity index is 864. The van der Waals surface area contributed by atoms with Crippen LogP contribution in [0.15, 0.2) is 41.8 Å². The molecule has 1 saturated heterocycles. The third-order valence-corrected chi connectivity index (χ3v) is 8.35. The number of unbranched alkanes of at least 4 members (excludes halogenated alkanes) is 2. The number of carbonyl (C=O) groups is 1.